The van der Waals surface area contributed by atoms with Crippen molar-refractivity contribution in [3.8, 4) is 0 Å². The Balaban J connectivity index is 2.39. The third kappa shape index (κ3) is 6.56. The van der Waals surface area contributed by atoms with E-state index in [9.17, 15) is 8.94 Å². The molecule has 0 bridgehead atoms. The van der Waals surface area contributed by atoms with Gasteiger partial charge in [-0.3, -0.25) is 0 Å². The molecule has 19 heavy (non-hydrogen) atoms. The van der Waals surface area contributed by atoms with Gasteiger partial charge in [-0.15, -0.1) is 4.72 Å². The van der Waals surface area contributed by atoms with Crippen LogP contribution in [0.1, 0.15) is 32.8 Å². The zero-order valence-electron chi connectivity index (χ0n) is 11.4. The Morgan fingerprint density at radius 2 is 2.05 bits per heavy atom. The minimum Gasteiger partial charge on any atom is -0.598 e. The molecule has 0 saturated carbocycles. The summed E-state index contributed by atoms with van der Waals surface area (Å²) >= 11 is 2.21. The predicted molar refractivity (Wildman–Crippen MR) is 83.6 cm³/mol. The Morgan fingerprint density at radius 1 is 1.37 bits per heavy atom. The molecule has 0 aliphatic carbocycles. The number of nitrogens with one attached hydrogen (secondary N) is 1. The second kappa shape index (κ2) is 7.43. The van der Waals surface area contributed by atoms with Crippen molar-refractivity contribution in [3.05, 3.63) is 40.1 Å². The highest BCUT2D eigenvalue weighted by Crippen LogP contribution is 2.16. The van der Waals surface area contributed by atoms with Gasteiger partial charge in [0.25, 0.3) is 0 Å². The summed E-state index contributed by atoms with van der Waals surface area (Å²) in [6, 6.07) is 4.74. The van der Waals surface area contributed by atoms with E-state index < -0.39 is 11.4 Å². The molecule has 1 N–H and O–H groups in total. The fraction of sp³-hybridized carbons (Fsp3) is 0.429. The van der Waals surface area contributed by atoms with E-state index >= 15 is 0 Å². The highest BCUT2D eigenvalue weighted by Gasteiger charge is 2.25. The van der Waals surface area contributed by atoms with E-state index in [0.717, 1.165) is 16.5 Å². The lowest BCUT2D eigenvalue weighted by atomic mass is 10.2. The third-order valence-corrected chi connectivity index (χ3v) is 4.33. The maximum Gasteiger partial charge on any atom is 0.136 e. The highest BCUT2D eigenvalue weighted by atomic mass is 79.9. The fourth-order valence-corrected chi connectivity index (χ4v) is 2.56. The van der Waals surface area contributed by atoms with Crippen LogP contribution < -0.4 is 4.72 Å². The highest BCUT2D eigenvalue weighted by molar-refractivity contribution is 9.10. The van der Waals surface area contributed by atoms with Gasteiger partial charge in [0.15, 0.2) is 0 Å². The molecule has 1 atom stereocenters. The molecular formula is C14H19BrFNOS. The fourth-order valence-electron chi connectivity index (χ4n) is 1.34. The Labute approximate surface area is 125 Å². The van der Waals surface area contributed by atoms with Crippen LogP contribution in [0.5, 0.6) is 0 Å². The van der Waals surface area contributed by atoms with Crippen LogP contribution in [0.2, 0.25) is 0 Å². The molecule has 106 valence electrons. The van der Waals surface area contributed by atoms with Gasteiger partial charge in [-0.05, 0) is 51.0 Å². The van der Waals surface area contributed by atoms with Crippen LogP contribution in [0.3, 0.4) is 0 Å². The normalized spacial score (nSPS) is 14.0. The summed E-state index contributed by atoms with van der Waals surface area (Å²) in [6.45, 7) is 6.42. The van der Waals surface area contributed by atoms with Crippen molar-refractivity contribution in [2.45, 2.75) is 31.9 Å². The summed E-state index contributed by atoms with van der Waals surface area (Å²) < 4.78 is 28.3. The molecule has 0 spiro atoms. The molecule has 1 rings (SSSR count). The number of rotatable bonds is 5. The number of benzene rings is 1. The molecule has 1 aromatic rings. The lowest BCUT2D eigenvalue weighted by molar-refractivity contribution is 0.545. The molecule has 5 heteroatoms. The average molecular weight is 348 g/mol. The molecule has 0 saturated heterocycles. The first-order chi connectivity index (χ1) is 8.79. The van der Waals surface area contributed by atoms with Gasteiger partial charge in [0.1, 0.15) is 10.6 Å². The predicted octanol–water partition coefficient (Wildman–Crippen LogP) is 4.04. The Morgan fingerprint density at radius 3 is 2.63 bits per heavy atom. The average Bonchev–Trinajstić information content (AvgIpc) is 2.25. The second-order valence-electron chi connectivity index (χ2n) is 5.17. The minimum atomic E-state index is -1.04. The van der Waals surface area contributed by atoms with Crippen LogP contribution in [0, 0.1) is 5.82 Å². The minimum absolute atomic E-state index is 0.253. The maximum atomic E-state index is 13.1. The largest absolute Gasteiger partial charge is 0.598 e. The van der Waals surface area contributed by atoms with Crippen LogP contribution in [0.25, 0.3) is 6.08 Å². The standard InChI is InChI=1S/C14H19BrFNOS/c1-14(2,3)19(18)17-7-5-4-6-11-8-12(15)10-13(16)9-11/h4,6,8-10,17H,5,7H2,1-3H3. The first-order valence-electron chi connectivity index (χ1n) is 6.07. The number of hydrogen-bond acceptors (Lipinski definition) is 2. The van der Waals surface area contributed by atoms with Crippen molar-refractivity contribution < 1.29 is 8.94 Å². The topological polar surface area (TPSA) is 35.1 Å². The summed E-state index contributed by atoms with van der Waals surface area (Å²) in [5, 5.41) is 0. The van der Waals surface area contributed by atoms with Crippen molar-refractivity contribution in [2.75, 3.05) is 6.54 Å². The Hall–Kier alpha value is -0.360. The van der Waals surface area contributed by atoms with Gasteiger partial charge in [0, 0.05) is 22.4 Å². The first-order valence-corrected chi connectivity index (χ1v) is 8.01. The van der Waals surface area contributed by atoms with Crippen LogP contribution in [0.15, 0.2) is 28.7 Å². The van der Waals surface area contributed by atoms with Crippen LogP contribution >= 0.6 is 15.9 Å². The zero-order valence-corrected chi connectivity index (χ0v) is 13.8. The van der Waals surface area contributed by atoms with Crippen molar-refractivity contribution in [2.24, 2.45) is 0 Å². The molecule has 0 aliphatic heterocycles. The molecule has 2 nitrogen and oxygen atoms in total. The van der Waals surface area contributed by atoms with E-state index in [0.29, 0.717) is 6.54 Å². The van der Waals surface area contributed by atoms with Crippen molar-refractivity contribution in [3.63, 3.8) is 0 Å². The van der Waals surface area contributed by atoms with Gasteiger partial charge in [-0.2, -0.15) is 0 Å². The zero-order chi connectivity index (χ0) is 14.5. The number of halogens is 2. The summed E-state index contributed by atoms with van der Waals surface area (Å²) in [5.41, 5.74) is 0.809. The summed E-state index contributed by atoms with van der Waals surface area (Å²) in [5.74, 6) is -0.263. The quantitative estimate of drug-likeness (QED) is 0.644. The Bertz CT molecular complexity index is 425. The third-order valence-electron chi connectivity index (χ3n) is 2.30. The van der Waals surface area contributed by atoms with Crippen molar-refractivity contribution >= 4 is 33.4 Å². The molecule has 0 fully saturated rings. The van der Waals surface area contributed by atoms with E-state index in [1.807, 2.05) is 39.0 Å². The molecule has 0 aliphatic rings. The van der Waals surface area contributed by atoms with Crippen molar-refractivity contribution in [1.29, 1.82) is 0 Å². The monoisotopic (exact) mass is 347 g/mol. The van der Waals surface area contributed by atoms with Gasteiger partial charge in [0.2, 0.25) is 0 Å². The molecule has 1 unspecified atom stereocenters. The van der Waals surface area contributed by atoms with Gasteiger partial charge in [-0.25, -0.2) is 4.39 Å². The molecule has 1 aromatic carbocycles. The van der Waals surface area contributed by atoms with Gasteiger partial charge in [0.05, 0.1) is 0 Å². The summed E-state index contributed by atoms with van der Waals surface area (Å²) in [4.78, 5) is 0. The first kappa shape index (κ1) is 16.7. The van der Waals surface area contributed by atoms with Crippen LogP contribution in [0.4, 0.5) is 4.39 Å². The lowest BCUT2D eigenvalue weighted by Crippen LogP contribution is -2.39. The smallest absolute Gasteiger partial charge is 0.136 e. The molecule has 0 heterocycles. The van der Waals surface area contributed by atoms with Gasteiger partial charge in [-0.1, -0.05) is 28.1 Å². The molecule has 0 aromatic heterocycles. The maximum absolute atomic E-state index is 13.1. The van der Waals surface area contributed by atoms with Crippen molar-refractivity contribution in [1.82, 2.24) is 4.72 Å². The van der Waals surface area contributed by atoms with Gasteiger partial charge < -0.3 is 4.55 Å². The Kier molecular flexibility index (Phi) is 6.53. The second-order valence-corrected chi connectivity index (χ2v) is 8.14. The van der Waals surface area contributed by atoms with E-state index in [1.54, 1.807) is 0 Å². The summed E-state index contributed by atoms with van der Waals surface area (Å²) in [6.07, 6.45) is 4.54. The lowest BCUT2D eigenvalue weighted by Gasteiger charge is -2.23. The molecular weight excluding hydrogens is 329 g/mol. The summed E-state index contributed by atoms with van der Waals surface area (Å²) in [7, 11) is 0. The van der Waals surface area contributed by atoms with Crippen LogP contribution in [-0.2, 0) is 11.4 Å². The number of hydrogen-bond donors (Lipinski definition) is 1. The molecule has 0 radical (unpaired) electrons. The van der Waals surface area contributed by atoms with E-state index in [-0.39, 0.29) is 10.6 Å². The van der Waals surface area contributed by atoms with Gasteiger partial charge >= 0.3 is 0 Å². The van der Waals surface area contributed by atoms with E-state index in [1.165, 1.54) is 12.1 Å². The SMILES string of the molecule is CC(C)(C)[S+]([O-])NCCC=Cc1cc(F)cc(Br)c1. The van der Waals surface area contributed by atoms with Crippen LogP contribution in [-0.4, -0.2) is 15.8 Å². The molecule has 0 amide bonds. The van der Waals surface area contributed by atoms with E-state index in [2.05, 4.69) is 20.7 Å². The van der Waals surface area contributed by atoms with E-state index in [4.69, 9.17) is 0 Å².